The quantitative estimate of drug-likeness (QED) is 0.111. The molecule has 18 nitrogen and oxygen atoms in total. The van der Waals surface area contributed by atoms with Crippen LogP contribution < -0.4 is 22.2 Å². The zero-order valence-electron chi connectivity index (χ0n) is 71.5. The van der Waals surface area contributed by atoms with Crippen LogP contribution >= 0.6 is 11.6 Å². The van der Waals surface area contributed by atoms with Gasteiger partial charge in [-0.1, -0.05) is 279 Å². The van der Waals surface area contributed by atoms with Crippen LogP contribution in [-0.2, 0) is 16.1 Å². The number of aromatic nitrogens is 12. The Bertz CT molecular complexity index is 10700. The summed E-state index contributed by atoms with van der Waals surface area (Å²) in [6, 6.07) is 122. The fraction of sp³-hybridized carbons (Fsp3) is 0.0172. The number of rotatable bonds is 1. The van der Waals surface area contributed by atoms with E-state index in [4.69, 9.17) is 51.1 Å². The number of pyridine rings is 7. The molecule has 0 N–H and O–H groups in total. The number of aryl methyl sites for hydroxylation is 1. The number of hydrogen-bond acceptors (Lipinski definition) is 13. The first-order valence-electron chi connectivity index (χ1n) is 44.2. The SMILES string of the molecule is Cc1cc2c3ccccc3n3c(=O)c4cc5ccccc5nc4c(n1)c23.O=C=O.O=c1c2c3ccccc3c(-c3ccccc3)nc2c2cccc3c4ccccc4n1c32.O=c1c2ccccc2c2c3cc(Cl)ccc3cc3c4ccccc4n1c32.O=c1c2nc3ccccc3nc2c2cccc3c4ccccc4n1c32.c1ccc2nc3c(nc2c1)Cn1c2ccccc2c2cccc-3c21. The molecule has 0 unspecified atom stereocenters. The van der Waals surface area contributed by atoms with Gasteiger partial charge in [-0.25, -0.2) is 34.9 Å². The molecule has 135 heavy (non-hydrogen) atoms. The van der Waals surface area contributed by atoms with Crippen molar-refractivity contribution in [3.8, 4) is 22.5 Å². The lowest BCUT2D eigenvalue weighted by Gasteiger charge is -2.19. The van der Waals surface area contributed by atoms with E-state index in [0.29, 0.717) is 32.3 Å². The summed E-state index contributed by atoms with van der Waals surface area (Å²) < 4.78 is 9.70. The van der Waals surface area contributed by atoms with Gasteiger partial charge in [0.1, 0.15) is 16.6 Å². The Morgan fingerprint density at radius 1 is 0.259 bits per heavy atom. The highest BCUT2D eigenvalue weighted by atomic mass is 35.5. The Balaban J connectivity index is 0.0000000873. The largest absolute Gasteiger partial charge is 0.373 e. The number of para-hydroxylation sites is 13. The number of benzene rings is 16. The number of hydrogen-bond donors (Lipinski definition) is 0. The molecule has 14 aromatic heterocycles. The molecule has 0 atom stereocenters. The van der Waals surface area contributed by atoms with E-state index in [1.165, 1.54) is 27.4 Å². The third-order valence-corrected chi connectivity index (χ3v) is 27.0. The van der Waals surface area contributed by atoms with E-state index in [-0.39, 0.29) is 28.4 Å². The molecule has 632 valence electrons. The minimum atomic E-state index is -0.113. The zero-order chi connectivity index (χ0) is 90.3. The molecule has 16 aromatic carbocycles. The molecular formula is C116H65ClN12O6. The third kappa shape index (κ3) is 11.6. The molecule has 15 heterocycles. The van der Waals surface area contributed by atoms with Crippen LogP contribution in [0, 0.1) is 6.92 Å². The summed E-state index contributed by atoms with van der Waals surface area (Å²) in [5.41, 5.74) is 23.6. The summed E-state index contributed by atoms with van der Waals surface area (Å²) in [5, 5.41) is 23.1. The molecule has 0 saturated carbocycles. The van der Waals surface area contributed by atoms with Crippen molar-refractivity contribution < 1.29 is 9.59 Å². The Hall–Kier alpha value is -18.2. The Morgan fingerprint density at radius 3 is 1.31 bits per heavy atom. The second-order valence-electron chi connectivity index (χ2n) is 34.1. The third-order valence-electron chi connectivity index (χ3n) is 26.8. The highest BCUT2D eigenvalue weighted by molar-refractivity contribution is 6.34. The summed E-state index contributed by atoms with van der Waals surface area (Å²) in [5.74, 6) is 0. The van der Waals surface area contributed by atoms with Crippen LogP contribution in [-0.4, -0.2) is 63.2 Å². The first-order chi connectivity index (χ1) is 66.4. The summed E-state index contributed by atoms with van der Waals surface area (Å²) in [7, 11) is 0. The summed E-state index contributed by atoms with van der Waals surface area (Å²) in [6.07, 6.45) is 0.250. The molecule has 0 amide bonds. The molecular weight excluding hydrogens is 1690 g/mol. The van der Waals surface area contributed by atoms with Crippen molar-refractivity contribution >= 4 is 247 Å². The fourth-order valence-electron chi connectivity index (χ4n) is 21.2. The second-order valence-corrected chi connectivity index (χ2v) is 34.5. The van der Waals surface area contributed by atoms with Gasteiger partial charge in [0.05, 0.1) is 117 Å². The number of nitrogens with zero attached hydrogens (tertiary/aromatic N) is 12. The minimum absolute atomic E-state index is 0.0109. The van der Waals surface area contributed by atoms with Crippen molar-refractivity contribution in [2.75, 3.05) is 0 Å². The Kier molecular flexibility index (Phi) is 17.4. The van der Waals surface area contributed by atoms with E-state index in [9.17, 15) is 19.2 Å². The number of halogens is 1. The van der Waals surface area contributed by atoms with Crippen LogP contribution in [0.4, 0.5) is 0 Å². The van der Waals surface area contributed by atoms with Gasteiger partial charge in [0.25, 0.3) is 22.2 Å². The molecule has 0 spiro atoms. The van der Waals surface area contributed by atoms with Crippen LogP contribution in [0.15, 0.2) is 383 Å². The van der Waals surface area contributed by atoms with Crippen LogP contribution in [0.3, 0.4) is 0 Å². The van der Waals surface area contributed by atoms with E-state index < -0.39 is 0 Å². The first-order valence-corrected chi connectivity index (χ1v) is 44.6. The van der Waals surface area contributed by atoms with Crippen molar-refractivity contribution in [2.45, 2.75) is 13.5 Å². The van der Waals surface area contributed by atoms with Crippen LogP contribution in [0.25, 0.3) is 251 Å². The molecule has 19 heteroatoms. The van der Waals surface area contributed by atoms with E-state index in [1.54, 1.807) is 8.80 Å². The predicted molar refractivity (Wildman–Crippen MR) is 546 cm³/mol. The van der Waals surface area contributed by atoms with Crippen molar-refractivity contribution in [3.05, 3.63) is 422 Å². The molecule has 1 aliphatic rings. The lowest BCUT2D eigenvalue weighted by molar-refractivity contribution is -0.191. The van der Waals surface area contributed by atoms with Gasteiger partial charge in [0, 0.05) is 114 Å². The standard InChI is InChI=1S/C28H16N2O.C23H12ClNO.C22H13N3O.C21H11N3O.C21H13N3.CO2/c31-28-24-19-12-4-5-13-20(19)25(17-9-2-1-3-10-17)29-26(24)22-15-8-14-21-18-11-6-7-16-23(18)30(28)27(21)22;24-14-10-9-13-11-19-15-5-3-4-8-20(15)25-22(19)21(18(13)12-14)16-6-1-2-7-17(16)23(25)26;1-12-10-15-14-7-3-5-9-18(14)25-21(15)20(23-12)19-16(22(25)26)11-13-6-2-4-8-17(13)24-19;25-21-19-18(22-15-9-2-3-10-16(15)23-19)14-8-5-7-13-12-6-1-4-11-17(12)24(21)20(13)14;1-4-11-19-13(6-1)14-7-5-8-15-20-18(12-24(19)21(14)15)22-16-9-2-3-10-17(16)23-20;2-1-3/h1-16H;1-12H;2-11H,1H3;1-11H;1-11H,12H2;. The highest BCUT2D eigenvalue weighted by Gasteiger charge is 2.28. The van der Waals surface area contributed by atoms with Crippen LogP contribution in [0.2, 0.25) is 5.02 Å². The molecule has 1 aliphatic heterocycles. The van der Waals surface area contributed by atoms with Crippen molar-refractivity contribution in [3.63, 3.8) is 0 Å². The van der Waals surface area contributed by atoms with Gasteiger partial charge in [-0.05, 0) is 126 Å². The van der Waals surface area contributed by atoms with Gasteiger partial charge in [-0.2, -0.15) is 9.59 Å². The number of carbonyl (C=O) groups excluding carboxylic acids is 2. The molecule has 0 fully saturated rings. The monoisotopic (exact) mass is 1760 g/mol. The summed E-state index contributed by atoms with van der Waals surface area (Å²) >= 11 is 6.32. The van der Waals surface area contributed by atoms with Gasteiger partial charge in [0.2, 0.25) is 0 Å². The highest BCUT2D eigenvalue weighted by Crippen LogP contribution is 2.45. The van der Waals surface area contributed by atoms with Crippen molar-refractivity contribution in [2.24, 2.45) is 0 Å². The molecule has 0 bridgehead atoms. The van der Waals surface area contributed by atoms with Gasteiger partial charge in [-0.15, -0.1) is 0 Å². The smallest absolute Gasteiger partial charge is 0.334 e. The minimum Gasteiger partial charge on any atom is -0.334 e. The number of fused-ring (bicyclic) bond motifs is 32. The van der Waals surface area contributed by atoms with Gasteiger partial charge < -0.3 is 4.57 Å². The molecule has 0 saturated heterocycles. The lowest BCUT2D eigenvalue weighted by atomic mass is 9.98. The maximum absolute atomic E-state index is 14.0. The first kappa shape index (κ1) is 77.9. The van der Waals surface area contributed by atoms with Crippen molar-refractivity contribution in [1.29, 1.82) is 0 Å². The normalized spacial score (nSPS) is 12.0. The molecule has 30 aromatic rings. The Labute approximate surface area is 766 Å². The van der Waals surface area contributed by atoms with Crippen LogP contribution in [0.5, 0.6) is 0 Å². The van der Waals surface area contributed by atoms with Crippen molar-refractivity contribution in [1.82, 2.24) is 57.1 Å². The molecule has 0 radical (unpaired) electrons. The second kappa shape index (κ2) is 30.2. The van der Waals surface area contributed by atoms with Gasteiger partial charge in [-0.3, -0.25) is 36.8 Å². The van der Waals surface area contributed by atoms with E-state index in [0.717, 1.165) is 215 Å². The van der Waals surface area contributed by atoms with Gasteiger partial charge >= 0.3 is 6.15 Å². The predicted octanol–water partition coefficient (Wildman–Crippen LogP) is 25.2. The topological polar surface area (TPSA) is 215 Å². The van der Waals surface area contributed by atoms with E-state index >= 15 is 0 Å². The summed E-state index contributed by atoms with van der Waals surface area (Å²) in [6.45, 7) is 2.76. The zero-order valence-corrected chi connectivity index (χ0v) is 72.3. The fourth-order valence-corrected chi connectivity index (χ4v) is 21.4. The summed E-state index contributed by atoms with van der Waals surface area (Å²) in [4.78, 5) is 104. The molecule has 0 aliphatic carbocycles. The average Bonchev–Trinajstić information content (AvgIpc) is 1.59. The van der Waals surface area contributed by atoms with E-state index in [1.807, 2.05) is 252 Å². The Morgan fingerprint density at radius 2 is 0.681 bits per heavy atom. The van der Waals surface area contributed by atoms with Gasteiger partial charge in [0.15, 0.2) is 5.52 Å². The maximum Gasteiger partial charge on any atom is 0.373 e. The average molecular weight is 1760 g/mol. The van der Waals surface area contributed by atoms with E-state index in [2.05, 4.69) is 137 Å². The molecule has 31 rings (SSSR count). The lowest BCUT2D eigenvalue weighted by Crippen LogP contribution is -2.15. The maximum atomic E-state index is 14.0. The van der Waals surface area contributed by atoms with Crippen LogP contribution in [0.1, 0.15) is 11.4 Å².